The quantitative estimate of drug-likeness (QED) is 0.781. The van der Waals surface area contributed by atoms with Gasteiger partial charge in [-0.3, -0.25) is 9.59 Å². The van der Waals surface area contributed by atoms with E-state index in [1.165, 1.54) is 11.9 Å². The number of benzene rings is 1. The lowest BCUT2D eigenvalue weighted by Crippen LogP contribution is -2.29. The highest BCUT2D eigenvalue weighted by molar-refractivity contribution is 6.01. The van der Waals surface area contributed by atoms with Gasteiger partial charge in [0.05, 0.1) is 12.3 Å². The Balaban J connectivity index is 1.80. The van der Waals surface area contributed by atoms with E-state index in [1.54, 1.807) is 18.4 Å². The smallest absolute Gasteiger partial charge is 0.253 e. The largest absolute Gasteiger partial charge is 0.463 e. The van der Waals surface area contributed by atoms with E-state index < -0.39 is 6.04 Å². The summed E-state index contributed by atoms with van der Waals surface area (Å²) < 4.78 is 5.39. The summed E-state index contributed by atoms with van der Waals surface area (Å²) in [5.41, 5.74) is 2.86. The predicted octanol–water partition coefficient (Wildman–Crippen LogP) is 3.13. The fraction of sp³-hybridized carbons (Fsp3) is 0.211. The number of H-pyrrole nitrogens is 1. The summed E-state index contributed by atoms with van der Waals surface area (Å²) in [5, 5.41) is 6.68. The van der Waals surface area contributed by atoms with Gasteiger partial charge in [0.2, 0.25) is 5.91 Å². The third kappa shape index (κ3) is 2.65. The Labute approximate surface area is 143 Å². The Hall–Kier alpha value is -3.15. The van der Waals surface area contributed by atoms with E-state index in [0.717, 1.165) is 16.5 Å². The first-order chi connectivity index (χ1) is 12.0. The minimum absolute atomic E-state index is 0.205. The van der Waals surface area contributed by atoms with Crippen LogP contribution in [-0.4, -0.2) is 21.6 Å². The monoisotopic (exact) mass is 335 g/mol. The van der Waals surface area contributed by atoms with Crippen LogP contribution < -0.4 is 5.56 Å². The number of amides is 1. The maximum atomic E-state index is 12.6. The van der Waals surface area contributed by atoms with E-state index in [4.69, 9.17) is 4.42 Å². The zero-order valence-corrected chi connectivity index (χ0v) is 13.9. The van der Waals surface area contributed by atoms with Crippen LogP contribution >= 0.6 is 0 Å². The normalized spacial score (nSPS) is 17.1. The van der Waals surface area contributed by atoms with Gasteiger partial charge in [-0.15, -0.1) is 0 Å². The van der Waals surface area contributed by atoms with E-state index >= 15 is 0 Å². The molecule has 1 unspecified atom stereocenters. The zero-order valence-electron chi connectivity index (χ0n) is 13.9. The van der Waals surface area contributed by atoms with Crippen LogP contribution in [0.3, 0.4) is 0 Å². The highest BCUT2D eigenvalue weighted by Crippen LogP contribution is 2.32. The molecule has 0 bridgehead atoms. The van der Waals surface area contributed by atoms with Crippen molar-refractivity contribution in [1.82, 2.24) is 9.99 Å². The lowest BCUT2D eigenvalue weighted by atomic mass is 10.00. The van der Waals surface area contributed by atoms with E-state index in [0.29, 0.717) is 23.5 Å². The van der Waals surface area contributed by atoms with E-state index in [-0.39, 0.29) is 11.5 Å². The molecular formula is C19H17N3O3. The van der Waals surface area contributed by atoms with Crippen LogP contribution in [0, 0.1) is 6.92 Å². The Bertz CT molecular complexity index is 1050. The number of hydrogen-bond donors (Lipinski definition) is 1. The molecule has 1 atom stereocenters. The number of pyridine rings is 1. The molecule has 0 saturated heterocycles. The molecule has 1 aliphatic rings. The number of furan rings is 1. The van der Waals surface area contributed by atoms with Crippen LogP contribution in [0.15, 0.2) is 57.0 Å². The summed E-state index contributed by atoms with van der Waals surface area (Å²) in [6.07, 6.45) is 2.00. The van der Waals surface area contributed by atoms with Gasteiger partial charge in [-0.2, -0.15) is 5.10 Å². The van der Waals surface area contributed by atoms with Gasteiger partial charge in [0.15, 0.2) is 0 Å². The molecule has 0 saturated carbocycles. The van der Waals surface area contributed by atoms with Crippen molar-refractivity contribution in [3.8, 4) is 0 Å². The number of aromatic nitrogens is 1. The van der Waals surface area contributed by atoms with Crippen molar-refractivity contribution < 1.29 is 9.21 Å². The van der Waals surface area contributed by atoms with Crippen LogP contribution in [0.4, 0.5) is 0 Å². The minimum Gasteiger partial charge on any atom is -0.463 e. The number of aryl methyl sites for hydroxylation is 1. The maximum Gasteiger partial charge on any atom is 0.253 e. The Morgan fingerprint density at radius 3 is 2.88 bits per heavy atom. The molecular weight excluding hydrogens is 318 g/mol. The van der Waals surface area contributed by atoms with Gasteiger partial charge in [0.25, 0.3) is 5.56 Å². The average molecular weight is 335 g/mol. The summed E-state index contributed by atoms with van der Waals surface area (Å²) >= 11 is 0. The molecule has 2 aromatic heterocycles. The Morgan fingerprint density at radius 2 is 2.16 bits per heavy atom. The maximum absolute atomic E-state index is 12.6. The predicted molar refractivity (Wildman–Crippen MR) is 94.4 cm³/mol. The molecule has 1 N–H and O–H groups in total. The van der Waals surface area contributed by atoms with Crippen molar-refractivity contribution in [2.45, 2.75) is 26.3 Å². The van der Waals surface area contributed by atoms with Crippen molar-refractivity contribution >= 4 is 22.5 Å². The summed E-state index contributed by atoms with van der Waals surface area (Å²) in [6, 6.07) is 10.8. The van der Waals surface area contributed by atoms with E-state index in [1.807, 2.05) is 31.2 Å². The highest BCUT2D eigenvalue weighted by Gasteiger charge is 2.34. The van der Waals surface area contributed by atoms with E-state index in [2.05, 4.69) is 10.1 Å². The third-order valence-electron chi connectivity index (χ3n) is 4.43. The fourth-order valence-electron chi connectivity index (χ4n) is 3.22. The molecule has 1 aromatic carbocycles. The number of carbonyl (C=O) groups excluding carboxylic acids is 1. The fourth-order valence-corrected chi connectivity index (χ4v) is 3.22. The van der Waals surface area contributed by atoms with Gasteiger partial charge >= 0.3 is 0 Å². The van der Waals surface area contributed by atoms with Crippen molar-refractivity contribution in [2.24, 2.45) is 5.10 Å². The molecule has 0 spiro atoms. The topological polar surface area (TPSA) is 78.7 Å². The van der Waals surface area contributed by atoms with Crippen LogP contribution in [0.5, 0.6) is 0 Å². The molecule has 0 aliphatic carbocycles. The van der Waals surface area contributed by atoms with Crippen LogP contribution in [0.2, 0.25) is 0 Å². The van der Waals surface area contributed by atoms with Crippen LogP contribution in [-0.2, 0) is 4.79 Å². The molecule has 6 nitrogen and oxygen atoms in total. The number of aromatic amines is 1. The minimum atomic E-state index is -0.439. The van der Waals surface area contributed by atoms with Crippen molar-refractivity contribution in [3.05, 3.63) is 69.9 Å². The Kier molecular flexibility index (Phi) is 3.53. The number of nitrogens with one attached hydrogen (secondary N) is 1. The molecule has 1 aliphatic heterocycles. The Morgan fingerprint density at radius 1 is 1.32 bits per heavy atom. The first-order valence-corrected chi connectivity index (χ1v) is 8.07. The van der Waals surface area contributed by atoms with Crippen molar-refractivity contribution in [3.63, 3.8) is 0 Å². The molecule has 3 heterocycles. The van der Waals surface area contributed by atoms with E-state index in [9.17, 15) is 9.59 Å². The molecule has 25 heavy (non-hydrogen) atoms. The molecule has 4 rings (SSSR count). The SMILES string of the molecule is CC(=O)N1N=C(c2ccco2)CC1c1cc2cc(C)ccc2[nH]c1=O. The number of hydrogen-bond acceptors (Lipinski definition) is 4. The van der Waals surface area contributed by atoms with Gasteiger partial charge in [-0.1, -0.05) is 11.6 Å². The lowest BCUT2D eigenvalue weighted by molar-refractivity contribution is -0.130. The number of fused-ring (bicyclic) bond motifs is 1. The second-order valence-electron chi connectivity index (χ2n) is 6.25. The molecule has 126 valence electrons. The average Bonchev–Trinajstić information content (AvgIpc) is 3.23. The number of nitrogens with zero attached hydrogens (tertiary/aromatic N) is 2. The molecule has 3 aromatic rings. The first kappa shape index (κ1) is 15.4. The summed E-state index contributed by atoms with van der Waals surface area (Å²) in [4.78, 5) is 27.6. The first-order valence-electron chi connectivity index (χ1n) is 8.07. The molecule has 0 fully saturated rings. The van der Waals surface area contributed by atoms with Gasteiger partial charge in [0.1, 0.15) is 11.5 Å². The second kappa shape index (κ2) is 5.73. The van der Waals surface area contributed by atoms with Gasteiger partial charge in [0, 0.05) is 24.4 Å². The second-order valence-corrected chi connectivity index (χ2v) is 6.25. The lowest BCUT2D eigenvalue weighted by Gasteiger charge is -2.20. The molecule has 1 amide bonds. The van der Waals surface area contributed by atoms with Gasteiger partial charge in [-0.25, -0.2) is 5.01 Å². The van der Waals surface area contributed by atoms with Crippen molar-refractivity contribution in [1.29, 1.82) is 0 Å². The van der Waals surface area contributed by atoms with Gasteiger partial charge in [-0.05, 0) is 42.6 Å². The molecule has 0 radical (unpaired) electrons. The van der Waals surface area contributed by atoms with Crippen LogP contribution in [0.25, 0.3) is 10.9 Å². The molecule has 6 heteroatoms. The van der Waals surface area contributed by atoms with Crippen molar-refractivity contribution in [2.75, 3.05) is 0 Å². The zero-order chi connectivity index (χ0) is 17.6. The van der Waals surface area contributed by atoms with Gasteiger partial charge < -0.3 is 9.40 Å². The number of hydrazone groups is 1. The highest BCUT2D eigenvalue weighted by atomic mass is 16.3. The number of rotatable bonds is 2. The van der Waals surface area contributed by atoms with Crippen LogP contribution in [0.1, 0.15) is 36.3 Å². The summed E-state index contributed by atoms with van der Waals surface area (Å²) in [7, 11) is 0. The summed E-state index contributed by atoms with van der Waals surface area (Å²) in [5.74, 6) is 0.400. The standard InChI is InChI=1S/C19H17N3O3/c1-11-5-6-15-13(8-11)9-14(19(24)20-15)17-10-16(18-4-3-7-25-18)21-22(17)12(2)23/h3-9,17H,10H2,1-2H3,(H,20,24). The summed E-state index contributed by atoms with van der Waals surface area (Å²) in [6.45, 7) is 3.45. The third-order valence-corrected chi connectivity index (χ3v) is 4.43. The number of carbonyl (C=O) groups is 1.